The van der Waals surface area contributed by atoms with Crippen LogP contribution in [0.1, 0.15) is 29.2 Å². The first-order chi connectivity index (χ1) is 16.6. The third-order valence-electron chi connectivity index (χ3n) is 6.36. The van der Waals surface area contributed by atoms with Crippen LogP contribution in [0.4, 0.5) is 5.69 Å². The minimum atomic E-state index is -0.0949. The number of rotatable bonds is 7. The third kappa shape index (κ3) is 4.17. The molecular formula is C25H29N5O3S. The van der Waals surface area contributed by atoms with Gasteiger partial charge in [0, 0.05) is 38.3 Å². The smallest absolute Gasteiger partial charge is 0.230 e. The van der Waals surface area contributed by atoms with Gasteiger partial charge in [0.2, 0.25) is 10.8 Å². The molecule has 0 bridgehead atoms. The molecule has 1 N–H and O–H groups in total. The van der Waals surface area contributed by atoms with E-state index in [1.54, 1.807) is 18.7 Å². The van der Waals surface area contributed by atoms with E-state index in [0.717, 1.165) is 65.3 Å². The average molecular weight is 480 g/mol. The molecule has 5 rings (SSSR count). The highest BCUT2D eigenvalue weighted by Crippen LogP contribution is 2.40. The number of ether oxygens (including phenoxy) is 2. The van der Waals surface area contributed by atoms with E-state index in [1.807, 2.05) is 31.2 Å². The molecule has 1 saturated heterocycles. The molecule has 178 valence electrons. The average Bonchev–Trinajstić information content (AvgIpc) is 3.44. The summed E-state index contributed by atoms with van der Waals surface area (Å²) in [6.07, 6.45) is 0.735. The summed E-state index contributed by atoms with van der Waals surface area (Å²) in [5.74, 6) is 2.58. The first-order valence-corrected chi connectivity index (χ1v) is 12.3. The number of aromatic hydroxyl groups is 1. The lowest BCUT2D eigenvalue weighted by molar-refractivity contribution is 0.211. The van der Waals surface area contributed by atoms with Crippen molar-refractivity contribution in [2.45, 2.75) is 19.4 Å². The summed E-state index contributed by atoms with van der Waals surface area (Å²) in [5.41, 5.74) is 2.30. The molecular weight excluding hydrogens is 450 g/mol. The molecule has 34 heavy (non-hydrogen) atoms. The Labute approximate surface area is 203 Å². The lowest BCUT2D eigenvalue weighted by Gasteiger charge is -2.40. The summed E-state index contributed by atoms with van der Waals surface area (Å²) in [6.45, 7) is 5.51. The van der Waals surface area contributed by atoms with E-state index in [1.165, 1.54) is 17.0 Å². The maximum Gasteiger partial charge on any atom is 0.230 e. The van der Waals surface area contributed by atoms with Crippen molar-refractivity contribution in [3.63, 3.8) is 0 Å². The molecule has 0 unspecified atom stereocenters. The molecule has 4 aromatic rings. The van der Waals surface area contributed by atoms with Crippen LogP contribution < -0.4 is 14.4 Å². The summed E-state index contributed by atoms with van der Waals surface area (Å²) < 4.78 is 12.2. The summed E-state index contributed by atoms with van der Waals surface area (Å²) >= 11 is 1.51. The molecule has 0 amide bonds. The fourth-order valence-electron chi connectivity index (χ4n) is 4.46. The normalized spacial score (nSPS) is 15.6. The molecule has 1 aliphatic rings. The summed E-state index contributed by atoms with van der Waals surface area (Å²) in [6, 6.07) is 16.2. The number of aromatic nitrogens is 3. The van der Waals surface area contributed by atoms with Crippen molar-refractivity contribution in [2.75, 3.05) is 45.3 Å². The first kappa shape index (κ1) is 22.5. The van der Waals surface area contributed by atoms with Crippen LogP contribution in [-0.4, -0.2) is 65.0 Å². The Kier molecular flexibility index (Phi) is 6.30. The van der Waals surface area contributed by atoms with E-state index in [-0.39, 0.29) is 11.9 Å². The second-order valence-corrected chi connectivity index (χ2v) is 9.27. The van der Waals surface area contributed by atoms with Gasteiger partial charge in [-0.2, -0.15) is 4.52 Å². The number of piperazine rings is 1. The quantitative estimate of drug-likeness (QED) is 0.430. The number of hydrogen-bond acceptors (Lipinski definition) is 8. The Morgan fingerprint density at radius 1 is 0.941 bits per heavy atom. The van der Waals surface area contributed by atoms with E-state index < -0.39 is 0 Å². The monoisotopic (exact) mass is 479 g/mol. The molecule has 0 spiro atoms. The van der Waals surface area contributed by atoms with Gasteiger partial charge in [-0.15, -0.1) is 5.10 Å². The highest BCUT2D eigenvalue weighted by Gasteiger charge is 2.32. The summed E-state index contributed by atoms with van der Waals surface area (Å²) in [4.78, 5) is 11.0. The molecule has 1 fully saturated rings. The van der Waals surface area contributed by atoms with E-state index in [9.17, 15) is 5.11 Å². The van der Waals surface area contributed by atoms with Gasteiger partial charge in [-0.1, -0.05) is 30.4 Å². The van der Waals surface area contributed by atoms with Crippen molar-refractivity contribution in [1.82, 2.24) is 19.5 Å². The number of hydrogen-bond donors (Lipinski definition) is 1. The maximum atomic E-state index is 11.1. The lowest BCUT2D eigenvalue weighted by Crippen LogP contribution is -2.47. The molecule has 2 aromatic heterocycles. The van der Waals surface area contributed by atoms with Crippen molar-refractivity contribution in [3.8, 4) is 17.4 Å². The molecule has 8 nitrogen and oxygen atoms in total. The number of thiazole rings is 1. The van der Waals surface area contributed by atoms with Gasteiger partial charge in [0.05, 0.1) is 25.1 Å². The standard InChI is InChI=1S/C25H29N5O3S/c1-4-21-26-25-30(27-21)24(31)23(34-25)22(17-5-9-19(32-2)10-6-17)29-15-13-28(14-16-29)18-7-11-20(33-3)12-8-18/h5-12,22,31H,4,13-16H2,1-3H3/t22-/m0/s1. The molecule has 0 aliphatic carbocycles. The van der Waals surface area contributed by atoms with Gasteiger partial charge in [0.1, 0.15) is 11.5 Å². The lowest BCUT2D eigenvalue weighted by atomic mass is 10.0. The number of fused-ring (bicyclic) bond motifs is 1. The fourth-order valence-corrected chi connectivity index (χ4v) is 5.60. The van der Waals surface area contributed by atoms with E-state index in [2.05, 4.69) is 44.1 Å². The largest absolute Gasteiger partial charge is 0.497 e. The van der Waals surface area contributed by atoms with Crippen LogP contribution in [0.5, 0.6) is 17.4 Å². The van der Waals surface area contributed by atoms with Crippen LogP contribution in [-0.2, 0) is 6.42 Å². The highest BCUT2D eigenvalue weighted by atomic mass is 32.1. The minimum absolute atomic E-state index is 0.0949. The van der Waals surface area contributed by atoms with Crippen molar-refractivity contribution in [1.29, 1.82) is 0 Å². The Balaban J connectivity index is 1.44. The van der Waals surface area contributed by atoms with Crippen LogP contribution >= 0.6 is 11.3 Å². The van der Waals surface area contributed by atoms with E-state index >= 15 is 0 Å². The van der Waals surface area contributed by atoms with E-state index in [0.29, 0.717) is 0 Å². The summed E-state index contributed by atoms with van der Waals surface area (Å²) in [7, 11) is 3.35. The van der Waals surface area contributed by atoms with Gasteiger partial charge in [-0.05, 0) is 42.0 Å². The number of nitrogens with zero attached hydrogens (tertiary/aromatic N) is 5. The predicted molar refractivity (Wildman–Crippen MR) is 134 cm³/mol. The topological polar surface area (TPSA) is 75.4 Å². The van der Waals surface area contributed by atoms with Crippen molar-refractivity contribution in [3.05, 3.63) is 64.8 Å². The van der Waals surface area contributed by atoms with Crippen molar-refractivity contribution >= 4 is 22.0 Å². The van der Waals surface area contributed by atoms with Gasteiger partial charge >= 0.3 is 0 Å². The molecule has 3 heterocycles. The van der Waals surface area contributed by atoms with Crippen LogP contribution in [0, 0.1) is 0 Å². The third-order valence-corrected chi connectivity index (χ3v) is 7.43. The van der Waals surface area contributed by atoms with Gasteiger partial charge < -0.3 is 19.5 Å². The Bertz CT molecular complexity index is 1240. The second kappa shape index (κ2) is 9.52. The molecule has 2 aromatic carbocycles. The molecule has 0 radical (unpaired) electrons. The zero-order chi connectivity index (χ0) is 23.7. The molecule has 0 saturated carbocycles. The van der Waals surface area contributed by atoms with Crippen LogP contribution in [0.3, 0.4) is 0 Å². The molecule has 1 aliphatic heterocycles. The second-order valence-electron chi connectivity index (χ2n) is 8.26. The molecule has 9 heteroatoms. The Morgan fingerprint density at radius 2 is 1.56 bits per heavy atom. The minimum Gasteiger partial charge on any atom is -0.497 e. The van der Waals surface area contributed by atoms with E-state index in [4.69, 9.17) is 9.47 Å². The zero-order valence-corrected chi connectivity index (χ0v) is 20.5. The number of methoxy groups -OCH3 is 2. The first-order valence-electron chi connectivity index (χ1n) is 11.5. The maximum absolute atomic E-state index is 11.1. The summed E-state index contributed by atoms with van der Waals surface area (Å²) in [5, 5.41) is 15.6. The Hall–Kier alpha value is -3.30. The van der Waals surface area contributed by atoms with Gasteiger partial charge in [-0.25, -0.2) is 4.98 Å². The molecule has 1 atom stereocenters. The van der Waals surface area contributed by atoms with Crippen LogP contribution in [0.25, 0.3) is 4.96 Å². The van der Waals surface area contributed by atoms with Gasteiger partial charge in [0.15, 0.2) is 5.82 Å². The number of aryl methyl sites for hydroxylation is 1. The van der Waals surface area contributed by atoms with Crippen molar-refractivity contribution in [2.24, 2.45) is 0 Å². The SMILES string of the molecule is CCc1nc2sc([C@H](c3ccc(OC)cc3)N3CCN(c4ccc(OC)cc4)CC3)c(O)n2n1. The zero-order valence-electron chi connectivity index (χ0n) is 19.6. The van der Waals surface area contributed by atoms with Crippen molar-refractivity contribution < 1.29 is 14.6 Å². The Morgan fingerprint density at radius 3 is 2.12 bits per heavy atom. The highest BCUT2D eigenvalue weighted by molar-refractivity contribution is 7.17. The predicted octanol–water partition coefficient (Wildman–Crippen LogP) is 3.99. The number of benzene rings is 2. The number of anilines is 1. The van der Waals surface area contributed by atoms with Gasteiger partial charge in [-0.3, -0.25) is 4.90 Å². The van der Waals surface area contributed by atoms with Crippen LogP contribution in [0.15, 0.2) is 48.5 Å². The van der Waals surface area contributed by atoms with Gasteiger partial charge in [0.25, 0.3) is 0 Å². The fraction of sp³-hybridized carbons (Fsp3) is 0.360. The van der Waals surface area contributed by atoms with Crippen LogP contribution in [0.2, 0.25) is 0 Å².